The van der Waals surface area contributed by atoms with E-state index < -0.39 is 5.97 Å². The van der Waals surface area contributed by atoms with Crippen molar-refractivity contribution >= 4 is 11.9 Å². The van der Waals surface area contributed by atoms with Gasteiger partial charge in [0.1, 0.15) is 5.70 Å². The zero-order chi connectivity index (χ0) is 9.14. The highest BCUT2D eigenvalue weighted by Gasteiger charge is 2.24. The quantitative estimate of drug-likeness (QED) is 0.602. The van der Waals surface area contributed by atoms with Gasteiger partial charge in [-0.1, -0.05) is 6.58 Å². The van der Waals surface area contributed by atoms with Crippen LogP contribution in [0.4, 0.5) is 0 Å². The van der Waals surface area contributed by atoms with Crippen molar-refractivity contribution in [3.63, 3.8) is 0 Å². The van der Waals surface area contributed by atoms with Crippen LogP contribution in [0, 0.1) is 5.92 Å². The number of hydrogen-bond acceptors (Lipinski definition) is 2. The minimum absolute atomic E-state index is 0.245. The molecule has 0 aromatic heterocycles. The van der Waals surface area contributed by atoms with E-state index in [4.69, 9.17) is 5.11 Å². The fourth-order valence-electron chi connectivity index (χ4n) is 0.857. The molecule has 1 aliphatic rings. The van der Waals surface area contributed by atoms with Crippen LogP contribution in [0.25, 0.3) is 0 Å². The molecule has 4 heteroatoms. The van der Waals surface area contributed by atoms with Crippen molar-refractivity contribution in [1.29, 1.82) is 0 Å². The Bertz CT molecular complexity index is 230. The van der Waals surface area contributed by atoms with Crippen molar-refractivity contribution in [3.05, 3.63) is 12.3 Å². The third-order valence-electron chi connectivity index (χ3n) is 1.72. The summed E-state index contributed by atoms with van der Waals surface area (Å²) in [5.41, 5.74) is -0.249. The van der Waals surface area contributed by atoms with Crippen LogP contribution in [-0.2, 0) is 9.59 Å². The molecular formula is C8H11NO3. The maximum Gasteiger partial charge on any atom is 0.351 e. The molecule has 1 fully saturated rings. The Labute approximate surface area is 70.3 Å². The molecule has 1 amide bonds. The van der Waals surface area contributed by atoms with Gasteiger partial charge in [0, 0.05) is 6.42 Å². The number of nitrogens with one attached hydrogen (secondary N) is 1. The summed E-state index contributed by atoms with van der Waals surface area (Å²) in [7, 11) is 0. The van der Waals surface area contributed by atoms with Gasteiger partial charge in [-0.25, -0.2) is 4.79 Å². The summed E-state index contributed by atoms with van der Waals surface area (Å²) in [6, 6.07) is 0. The van der Waals surface area contributed by atoms with Gasteiger partial charge in [0.15, 0.2) is 0 Å². The molecule has 12 heavy (non-hydrogen) atoms. The SMILES string of the molecule is C=C(NC(=O)CC1CC1)C(=O)O. The van der Waals surface area contributed by atoms with Crippen molar-refractivity contribution in [2.24, 2.45) is 5.92 Å². The Kier molecular flexibility index (Phi) is 2.47. The summed E-state index contributed by atoms with van der Waals surface area (Å²) in [5, 5.41) is 10.6. The summed E-state index contributed by atoms with van der Waals surface area (Å²) in [6.45, 7) is 3.19. The van der Waals surface area contributed by atoms with E-state index in [2.05, 4.69) is 11.9 Å². The molecule has 66 valence electrons. The van der Waals surface area contributed by atoms with Crippen molar-refractivity contribution in [2.75, 3.05) is 0 Å². The van der Waals surface area contributed by atoms with Gasteiger partial charge in [0.05, 0.1) is 0 Å². The standard InChI is InChI=1S/C8H11NO3/c1-5(8(11)12)9-7(10)4-6-2-3-6/h6H,1-4H2,(H,9,10)(H,11,12). The fraction of sp³-hybridized carbons (Fsp3) is 0.500. The summed E-state index contributed by atoms with van der Waals surface area (Å²) < 4.78 is 0. The van der Waals surface area contributed by atoms with Gasteiger partial charge in [-0.05, 0) is 18.8 Å². The minimum atomic E-state index is -1.18. The average Bonchev–Trinajstić information content (AvgIpc) is 2.71. The number of rotatable bonds is 4. The number of amides is 1. The van der Waals surface area contributed by atoms with Gasteiger partial charge in [0.25, 0.3) is 0 Å². The van der Waals surface area contributed by atoms with Gasteiger partial charge < -0.3 is 10.4 Å². The zero-order valence-corrected chi connectivity index (χ0v) is 6.67. The zero-order valence-electron chi connectivity index (χ0n) is 6.67. The van der Waals surface area contributed by atoms with E-state index in [1.54, 1.807) is 0 Å². The summed E-state index contributed by atoms with van der Waals surface area (Å²) in [4.78, 5) is 21.2. The van der Waals surface area contributed by atoms with E-state index in [9.17, 15) is 9.59 Å². The lowest BCUT2D eigenvalue weighted by molar-refractivity contribution is -0.134. The molecule has 1 saturated carbocycles. The first-order valence-electron chi connectivity index (χ1n) is 3.81. The third kappa shape index (κ3) is 2.74. The largest absolute Gasteiger partial charge is 0.477 e. The second-order valence-electron chi connectivity index (χ2n) is 2.98. The topological polar surface area (TPSA) is 66.4 Å². The van der Waals surface area contributed by atoms with E-state index in [0.717, 1.165) is 12.8 Å². The number of carbonyl (C=O) groups excluding carboxylic acids is 1. The van der Waals surface area contributed by atoms with Gasteiger partial charge in [-0.3, -0.25) is 4.79 Å². The van der Waals surface area contributed by atoms with Crippen LogP contribution in [0.3, 0.4) is 0 Å². The van der Waals surface area contributed by atoms with Crippen LogP contribution in [0.1, 0.15) is 19.3 Å². The molecule has 0 heterocycles. The van der Waals surface area contributed by atoms with E-state index in [1.807, 2.05) is 0 Å². The normalized spacial score (nSPS) is 15.3. The molecule has 0 radical (unpaired) electrons. The highest BCUT2D eigenvalue weighted by Crippen LogP contribution is 2.32. The lowest BCUT2D eigenvalue weighted by atomic mass is 10.3. The average molecular weight is 169 g/mol. The lowest BCUT2D eigenvalue weighted by Gasteiger charge is -2.02. The predicted molar refractivity (Wildman–Crippen MR) is 42.3 cm³/mol. The smallest absolute Gasteiger partial charge is 0.351 e. The molecule has 0 aliphatic heterocycles. The van der Waals surface area contributed by atoms with Crippen LogP contribution in [-0.4, -0.2) is 17.0 Å². The van der Waals surface area contributed by atoms with Gasteiger partial charge in [-0.15, -0.1) is 0 Å². The van der Waals surface area contributed by atoms with Crippen molar-refractivity contribution < 1.29 is 14.7 Å². The molecule has 0 spiro atoms. The van der Waals surface area contributed by atoms with Gasteiger partial charge in [-0.2, -0.15) is 0 Å². The molecule has 0 atom stereocenters. The van der Waals surface area contributed by atoms with Crippen molar-refractivity contribution in [2.45, 2.75) is 19.3 Å². The predicted octanol–water partition coefficient (Wildman–Crippen LogP) is 0.501. The Hall–Kier alpha value is -1.32. The van der Waals surface area contributed by atoms with E-state index in [-0.39, 0.29) is 11.6 Å². The van der Waals surface area contributed by atoms with Crippen LogP contribution < -0.4 is 5.32 Å². The molecular weight excluding hydrogens is 158 g/mol. The van der Waals surface area contributed by atoms with Gasteiger partial charge >= 0.3 is 5.97 Å². The molecule has 0 bridgehead atoms. The van der Waals surface area contributed by atoms with Gasteiger partial charge in [0.2, 0.25) is 5.91 Å². The lowest BCUT2D eigenvalue weighted by Crippen LogP contribution is -2.26. The van der Waals surface area contributed by atoms with Crippen LogP contribution in [0.5, 0.6) is 0 Å². The number of aliphatic carboxylic acids is 1. The first kappa shape index (κ1) is 8.77. The summed E-state index contributed by atoms with van der Waals surface area (Å²) in [6.07, 6.45) is 2.58. The maximum absolute atomic E-state index is 11.0. The van der Waals surface area contributed by atoms with Crippen LogP contribution in [0.15, 0.2) is 12.3 Å². The first-order valence-corrected chi connectivity index (χ1v) is 3.81. The number of carboxylic acid groups (broad SMARTS) is 1. The fourth-order valence-corrected chi connectivity index (χ4v) is 0.857. The summed E-state index contributed by atoms with van der Waals surface area (Å²) in [5.74, 6) is -0.962. The summed E-state index contributed by atoms with van der Waals surface area (Å²) >= 11 is 0. The van der Waals surface area contributed by atoms with E-state index in [0.29, 0.717) is 12.3 Å². The number of carbonyl (C=O) groups is 2. The highest BCUT2D eigenvalue weighted by molar-refractivity contribution is 5.92. The monoisotopic (exact) mass is 169 g/mol. The van der Waals surface area contributed by atoms with E-state index >= 15 is 0 Å². The molecule has 4 nitrogen and oxygen atoms in total. The molecule has 0 unspecified atom stereocenters. The first-order chi connectivity index (χ1) is 5.59. The van der Waals surface area contributed by atoms with Crippen LogP contribution >= 0.6 is 0 Å². The maximum atomic E-state index is 11.0. The Morgan fingerprint density at radius 1 is 1.50 bits per heavy atom. The molecule has 2 N–H and O–H groups in total. The Morgan fingerprint density at radius 3 is 2.50 bits per heavy atom. The molecule has 0 aromatic rings. The molecule has 1 aliphatic carbocycles. The molecule has 0 saturated heterocycles. The molecule has 1 rings (SSSR count). The molecule has 0 aromatic carbocycles. The van der Waals surface area contributed by atoms with Crippen molar-refractivity contribution in [1.82, 2.24) is 5.32 Å². The number of carboxylic acids is 1. The Balaban J connectivity index is 2.24. The number of hydrogen-bond donors (Lipinski definition) is 2. The minimum Gasteiger partial charge on any atom is -0.477 e. The third-order valence-corrected chi connectivity index (χ3v) is 1.72. The second kappa shape index (κ2) is 3.38. The van der Waals surface area contributed by atoms with E-state index in [1.165, 1.54) is 0 Å². The Morgan fingerprint density at radius 2 is 2.08 bits per heavy atom. The second-order valence-corrected chi connectivity index (χ2v) is 2.98. The highest BCUT2D eigenvalue weighted by atomic mass is 16.4. The van der Waals surface area contributed by atoms with Crippen molar-refractivity contribution in [3.8, 4) is 0 Å². The van der Waals surface area contributed by atoms with Crippen LogP contribution in [0.2, 0.25) is 0 Å².